The van der Waals surface area contributed by atoms with Gasteiger partial charge >= 0.3 is 0 Å². The van der Waals surface area contributed by atoms with E-state index in [4.69, 9.17) is 0 Å². The Kier molecular flexibility index (Phi) is 5.46. The summed E-state index contributed by atoms with van der Waals surface area (Å²) in [6.45, 7) is 3.89. The number of nitrogens with one attached hydrogen (secondary N) is 2. The van der Waals surface area contributed by atoms with Crippen LogP contribution in [0.25, 0.3) is 0 Å². The minimum Gasteiger partial charge on any atom is -0.350 e. The van der Waals surface area contributed by atoms with Crippen LogP contribution < -0.4 is 10.6 Å². The average molecular weight is 314 g/mol. The van der Waals surface area contributed by atoms with E-state index in [0.717, 1.165) is 6.42 Å². The lowest BCUT2D eigenvalue weighted by molar-refractivity contribution is 0.0940. The van der Waals surface area contributed by atoms with E-state index in [1.807, 2.05) is 13.8 Å². The van der Waals surface area contributed by atoms with Crippen LogP contribution in [0.3, 0.4) is 0 Å². The van der Waals surface area contributed by atoms with Crippen LogP contribution in [0.4, 0.5) is 10.1 Å². The number of carbonyl (C=O) groups excluding carboxylic acids is 2. The number of halogens is 1. The van der Waals surface area contributed by atoms with Crippen molar-refractivity contribution >= 4 is 17.5 Å². The van der Waals surface area contributed by atoms with E-state index < -0.39 is 11.7 Å². The highest BCUT2D eigenvalue weighted by molar-refractivity contribution is 6.09. The van der Waals surface area contributed by atoms with Crippen LogP contribution in [0.2, 0.25) is 0 Å². The molecule has 0 fully saturated rings. The average Bonchev–Trinajstić information content (AvgIpc) is 2.55. The van der Waals surface area contributed by atoms with Crippen molar-refractivity contribution in [2.24, 2.45) is 0 Å². The van der Waals surface area contributed by atoms with Crippen LogP contribution in [0, 0.1) is 5.82 Å². The van der Waals surface area contributed by atoms with Crippen LogP contribution >= 0.6 is 0 Å². The Morgan fingerprint density at radius 3 is 2.35 bits per heavy atom. The highest BCUT2D eigenvalue weighted by atomic mass is 19.1. The zero-order chi connectivity index (χ0) is 16.8. The van der Waals surface area contributed by atoms with E-state index in [2.05, 4.69) is 10.6 Å². The summed E-state index contributed by atoms with van der Waals surface area (Å²) >= 11 is 0. The molecule has 0 unspecified atom stereocenters. The maximum absolute atomic E-state index is 12.9. The zero-order valence-corrected chi connectivity index (χ0v) is 13.1. The minimum atomic E-state index is -0.408. The van der Waals surface area contributed by atoms with Gasteiger partial charge in [-0.1, -0.05) is 19.1 Å². The van der Waals surface area contributed by atoms with Crippen LogP contribution in [-0.4, -0.2) is 17.9 Å². The summed E-state index contributed by atoms with van der Waals surface area (Å²) < 4.78 is 12.9. The van der Waals surface area contributed by atoms with Gasteiger partial charge in [-0.25, -0.2) is 4.39 Å². The van der Waals surface area contributed by atoms with E-state index >= 15 is 0 Å². The molecule has 0 radical (unpaired) electrons. The molecular weight excluding hydrogens is 295 g/mol. The van der Waals surface area contributed by atoms with Gasteiger partial charge in [-0.3, -0.25) is 9.59 Å². The number of hydrogen-bond donors (Lipinski definition) is 2. The molecule has 0 saturated heterocycles. The number of benzene rings is 2. The molecule has 2 rings (SSSR count). The first-order chi connectivity index (χ1) is 11.0. The molecule has 2 amide bonds. The topological polar surface area (TPSA) is 58.2 Å². The summed E-state index contributed by atoms with van der Waals surface area (Å²) in [6.07, 6.45) is 0.815. The Morgan fingerprint density at radius 2 is 1.70 bits per heavy atom. The molecule has 2 aromatic rings. The van der Waals surface area contributed by atoms with Crippen molar-refractivity contribution in [3.05, 3.63) is 65.5 Å². The smallest absolute Gasteiger partial charge is 0.255 e. The van der Waals surface area contributed by atoms with Crippen LogP contribution in [0.1, 0.15) is 41.0 Å². The number of anilines is 1. The lowest BCUT2D eigenvalue weighted by atomic mass is 10.1. The molecule has 1 atom stereocenters. The molecule has 120 valence electrons. The first kappa shape index (κ1) is 16.7. The molecule has 2 aromatic carbocycles. The first-order valence-electron chi connectivity index (χ1n) is 7.48. The van der Waals surface area contributed by atoms with Gasteiger partial charge in [0.1, 0.15) is 5.82 Å². The number of carbonyl (C=O) groups is 2. The molecule has 0 aliphatic carbocycles. The Morgan fingerprint density at radius 1 is 1.04 bits per heavy atom. The lowest BCUT2D eigenvalue weighted by Gasteiger charge is -2.14. The van der Waals surface area contributed by atoms with Gasteiger partial charge in [-0.15, -0.1) is 0 Å². The molecule has 0 heterocycles. The third kappa shape index (κ3) is 4.39. The van der Waals surface area contributed by atoms with Crippen LogP contribution in [0.15, 0.2) is 48.5 Å². The van der Waals surface area contributed by atoms with E-state index in [0.29, 0.717) is 16.8 Å². The van der Waals surface area contributed by atoms with Crippen molar-refractivity contribution in [3.8, 4) is 0 Å². The Balaban J connectivity index is 2.18. The van der Waals surface area contributed by atoms with Crippen molar-refractivity contribution in [1.82, 2.24) is 5.32 Å². The van der Waals surface area contributed by atoms with Gasteiger partial charge in [0.25, 0.3) is 11.8 Å². The maximum atomic E-state index is 12.9. The number of amides is 2. The molecule has 0 aromatic heterocycles. The molecule has 0 saturated carbocycles. The summed E-state index contributed by atoms with van der Waals surface area (Å²) in [5.41, 5.74) is 1.13. The minimum absolute atomic E-state index is 0.0448. The standard InChI is InChI=1S/C18H19FN2O2/c1-3-12(2)20-18(23)15-6-4-5-7-16(15)21-17(22)13-8-10-14(19)11-9-13/h4-12H,3H2,1-2H3,(H,20,23)(H,21,22)/t12-/m1/s1. The second-order valence-electron chi connectivity index (χ2n) is 5.29. The number of rotatable bonds is 5. The van der Waals surface area contributed by atoms with E-state index in [1.165, 1.54) is 24.3 Å². The molecule has 0 spiro atoms. The largest absolute Gasteiger partial charge is 0.350 e. The highest BCUT2D eigenvalue weighted by Gasteiger charge is 2.15. The monoisotopic (exact) mass is 314 g/mol. The van der Waals surface area contributed by atoms with Crippen molar-refractivity contribution in [3.63, 3.8) is 0 Å². The Labute approximate surface area is 134 Å². The van der Waals surface area contributed by atoms with Gasteiger partial charge in [0.2, 0.25) is 0 Å². The molecule has 0 bridgehead atoms. The van der Waals surface area contributed by atoms with Gasteiger partial charge in [0.05, 0.1) is 11.3 Å². The maximum Gasteiger partial charge on any atom is 0.255 e. The predicted octanol–water partition coefficient (Wildman–Crippen LogP) is 3.61. The molecule has 23 heavy (non-hydrogen) atoms. The van der Waals surface area contributed by atoms with E-state index in [9.17, 15) is 14.0 Å². The summed E-state index contributed by atoms with van der Waals surface area (Å²) in [7, 11) is 0. The van der Waals surface area contributed by atoms with Gasteiger partial charge in [0.15, 0.2) is 0 Å². The van der Waals surface area contributed by atoms with Gasteiger partial charge < -0.3 is 10.6 Å². The summed E-state index contributed by atoms with van der Waals surface area (Å²) in [5.74, 6) is -1.04. The van der Waals surface area contributed by atoms with Crippen molar-refractivity contribution in [2.45, 2.75) is 26.3 Å². The number of para-hydroxylation sites is 1. The summed E-state index contributed by atoms with van der Waals surface area (Å²) in [4.78, 5) is 24.5. The zero-order valence-electron chi connectivity index (χ0n) is 13.1. The highest BCUT2D eigenvalue weighted by Crippen LogP contribution is 2.17. The quantitative estimate of drug-likeness (QED) is 0.886. The van der Waals surface area contributed by atoms with Gasteiger partial charge in [-0.05, 0) is 49.7 Å². The SMILES string of the molecule is CC[C@@H](C)NC(=O)c1ccccc1NC(=O)c1ccc(F)cc1. The van der Waals surface area contributed by atoms with Crippen LogP contribution in [-0.2, 0) is 0 Å². The molecule has 4 nitrogen and oxygen atoms in total. The lowest BCUT2D eigenvalue weighted by Crippen LogP contribution is -2.32. The molecule has 5 heteroatoms. The fraction of sp³-hybridized carbons (Fsp3) is 0.222. The predicted molar refractivity (Wildman–Crippen MR) is 88.0 cm³/mol. The van der Waals surface area contributed by atoms with Crippen LogP contribution in [0.5, 0.6) is 0 Å². The fourth-order valence-electron chi connectivity index (χ4n) is 1.99. The molecule has 2 N–H and O–H groups in total. The van der Waals surface area contributed by atoms with Crippen molar-refractivity contribution in [1.29, 1.82) is 0 Å². The second kappa shape index (κ2) is 7.54. The number of hydrogen-bond acceptors (Lipinski definition) is 2. The summed E-state index contributed by atoms with van der Waals surface area (Å²) in [5, 5.41) is 5.56. The molecule has 0 aliphatic rings. The third-order valence-corrected chi connectivity index (χ3v) is 3.52. The normalized spacial score (nSPS) is 11.6. The van der Waals surface area contributed by atoms with Crippen molar-refractivity contribution < 1.29 is 14.0 Å². The Hall–Kier alpha value is -2.69. The van der Waals surface area contributed by atoms with E-state index in [1.54, 1.807) is 24.3 Å². The fourth-order valence-corrected chi connectivity index (χ4v) is 1.99. The van der Waals surface area contributed by atoms with Gasteiger partial charge in [0, 0.05) is 11.6 Å². The van der Waals surface area contributed by atoms with Crippen molar-refractivity contribution in [2.75, 3.05) is 5.32 Å². The Bertz CT molecular complexity index is 698. The summed E-state index contributed by atoms with van der Waals surface area (Å²) in [6, 6.07) is 12.1. The van der Waals surface area contributed by atoms with E-state index in [-0.39, 0.29) is 11.9 Å². The van der Waals surface area contributed by atoms with Gasteiger partial charge in [-0.2, -0.15) is 0 Å². The first-order valence-corrected chi connectivity index (χ1v) is 7.48. The molecule has 0 aliphatic heterocycles. The third-order valence-electron chi connectivity index (χ3n) is 3.52. The molecular formula is C18H19FN2O2. The second-order valence-corrected chi connectivity index (χ2v) is 5.29.